The highest BCUT2D eigenvalue weighted by atomic mass is 15.1. The number of nitrogens with zero attached hydrogens (tertiary/aromatic N) is 1. The highest BCUT2D eigenvalue weighted by molar-refractivity contribution is 5.59. The Bertz CT molecular complexity index is 278. The molecule has 0 radical (unpaired) electrons. The molecule has 0 fully saturated rings. The van der Waals surface area contributed by atoms with Gasteiger partial charge >= 0.3 is 0 Å². The Labute approximate surface area is 94.1 Å². The van der Waals surface area contributed by atoms with E-state index in [2.05, 4.69) is 51.0 Å². The minimum Gasteiger partial charge on any atom is -0.377 e. The standard InChI is InChI=1S/C14H23N/c1-5-8-12-10-7-11-13(9-6-2)14(12)15(3)4/h7,10-11H,5-6,8-9H2,1-4H3. The molecule has 0 amide bonds. The molecule has 1 aromatic rings. The predicted octanol–water partition coefficient (Wildman–Crippen LogP) is 3.66. The van der Waals surface area contributed by atoms with Crippen LogP contribution in [0, 0.1) is 0 Å². The molecule has 15 heavy (non-hydrogen) atoms. The van der Waals surface area contributed by atoms with E-state index < -0.39 is 0 Å². The van der Waals surface area contributed by atoms with Gasteiger partial charge in [0.05, 0.1) is 0 Å². The van der Waals surface area contributed by atoms with Crippen molar-refractivity contribution < 1.29 is 0 Å². The normalized spacial score (nSPS) is 10.4. The van der Waals surface area contributed by atoms with Crippen molar-refractivity contribution in [2.75, 3.05) is 19.0 Å². The molecule has 0 aliphatic heterocycles. The maximum atomic E-state index is 2.26. The first kappa shape index (κ1) is 12.1. The lowest BCUT2D eigenvalue weighted by molar-refractivity contribution is 0.881. The molecule has 1 rings (SSSR count). The fourth-order valence-corrected chi connectivity index (χ4v) is 2.16. The lowest BCUT2D eigenvalue weighted by Crippen LogP contribution is -2.14. The van der Waals surface area contributed by atoms with Crippen molar-refractivity contribution in [1.82, 2.24) is 0 Å². The molecule has 0 aliphatic rings. The molecule has 0 N–H and O–H groups in total. The number of anilines is 1. The van der Waals surface area contributed by atoms with Gasteiger partial charge in [0.2, 0.25) is 0 Å². The Balaban J connectivity index is 3.09. The summed E-state index contributed by atoms with van der Waals surface area (Å²) in [4.78, 5) is 2.26. The van der Waals surface area contributed by atoms with Crippen LogP contribution >= 0.6 is 0 Å². The van der Waals surface area contributed by atoms with Crippen LogP contribution in [0.15, 0.2) is 18.2 Å². The van der Waals surface area contributed by atoms with Crippen LogP contribution in [0.1, 0.15) is 37.8 Å². The lowest BCUT2D eigenvalue weighted by atomic mass is 10.00. The van der Waals surface area contributed by atoms with Crippen molar-refractivity contribution in [2.45, 2.75) is 39.5 Å². The van der Waals surface area contributed by atoms with E-state index >= 15 is 0 Å². The molecule has 1 nitrogen and oxygen atoms in total. The van der Waals surface area contributed by atoms with Gasteiger partial charge in [-0.1, -0.05) is 44.9 Å². The van der Waals surface area contributed by atoms with Gasteiger partial charge in [-0.05, 0) is 24.0 Å². The van der Waals surface area contributed by atoms with E-state index in [4.69, 9.17) is 0 Å². The third-order valence-corrected chi connectivity index (χ3v) is 2.69. The van der Waals surface area contributed by atoms with Crippen molar-refractivity contribution in [3.8, 4) is 0 Å². The van der Waals surface area contributed by atoms with Crippen LogP contribution < -0.4 is 4.90 Å². The second kappa shape index (κ2) is 5.79. The van der Waals surface area contributed by atoms with Gasteiger partial charge in [-0.25, -0.2) is 0 Å². The van der Waals surface area contributed by atoms with E-state index in [9.17, 15) is 0 Å². The largest absolute Gasteiger partial charge is 0.377 e. The van der Waals surface area contributed by atoms with Gasteiger partial charge in [0, 0.05) is 19.8 Å². The third kappa shape index (κ3) is 2.98. The van der Waals surface area contributed by atoms with E-state index in [1.165, 1.54) is 42.5 Å². The summed E-state index contributed by atoms with van der Waals surface area (Å²) in [5.41, 5.74) is 4.43. The predicted molar refractivity (Wildman–Crippen MR) is 68.8 cm³/mol. The van der Waals surface area contributed by atoms with Crippen molar-refractivity contribution in [2.24, 2.45) is 0 Å². The summed E-state index contributed by atoms with van der Waals surface area (Å²) in [5, 5.41) is 0. The minimum absolute atomic E-state index is 1.19. The van der Waals surface area contributed by atoms with Gasteiger partial charge in [0.25, 0.3) is 0 Å². The molecule has 0 saturated carbocycles. The Morgan fingerprint density at radius 3 is 1.73 bits per heavy atom. The number of benzene rings is 1. The van der Waals surface area contributed by atoms with Gasteiger partial charge in [-0.2, -0.15) is 0 Å². The van der Waals surface area contributed by atoms with Crippen molar-refractivity contribution in [1.29, 1.82) is 0 Å². The van der Waals surface area contributed by atoms with E-state index in [0.29, 0.717) is 0 Å². The van der Waals surface area contributed by atoms with E-state index in [1.807, 2.05) is 0 Å². The maximum absolute atomic E-state index is 2.26. The first-order valence-electron chi connectivity index (χ1n) is 5.98. The van der Waals surface area contributed by atoms with Crippen LogP contribution in [0.4, 0.5) is 5.69 Å². The zero-order valence-electron chi connectivity index (χ0n) is 10.5. The molecule has 0 saturated heterocycles. The number of aryl methyl sites for hydroxylation is 2. The molecule has 0 spiro atoms. The second-order valence-electron chi connectivity index (χ2n) is 4.32. The third-order valence-electron chi connectivity index (χ3n) is 2.69. The van der Waals surface area contributed by atoms with Crippen molar-refractivity contribution in [3.63, 3.8) is 0 Å². The lowest BCUT2D eigenvalue weighted by Gasteiger charge is -2.21. The topological polar surface area (TPSA) is 3.24 Å². The molecule has 0 atom stereocenters. The van der Waals surface area contributed by atoms with Crippen molar-refractivity contribution >= 4 is 5.69 Å². The molecular formula is C14H23N. The maximum Gasteiger partial charge on any atom is 0.0426 e. The van der Waals surface area contributed by atoms with E-state index in [0.717, 1.165) is 0 Å². The summed E-state index contributed by atoms with van der Waals surface area (Å²) in [6, 6.07) is 6.72. The number of hydrogen-bond donors (Lipinski definition) is 0. The average molecular weight is 205 g/mol. The van der Waals surface area contributed by atoms with Crippen LogP contribution in [0.25, 0.3) is 0 Å². The minimum atomic E-state index is 1.19. The molecular weight excluding hydrogens is 182 g/mol. The molecule has 0 aromatic heterocycles. The zero-order valence-corrected chi connectivity index (χ0v) is 10.5. The fraction of sp³-hybridized carbons (Fsp3) is 0.571. The van der Waals surface area contributed by atoms with Crippen LogP contribution in [0.2, 0.25) is 0 Å². The van der Waals surface area contributed by atoms with Crippen LogP contribution in [0.3, 0.4) is 0 Å². The molecule has 0 heterocycles. The van der Waals surface area contributed by atoms with Gasteiger partial charge < -0.3 is 4.90 Å². The summed E-state index contributed by atoms with van der Waals surface area (Å²) < 4.78 is 0. The van der Waals surface area contributed by atoms with Gasteiger partial charge in [-0.15, -0.1) is 0 Å². The SMILES string of the molecule is CCCc1cccc(CCC)c1N(C)C. The highest BCUT2D eigenvalue weighted by Gasteiger charge is 2.08. The smallest absolute Gasteiger partial charge is 0.0426 e. The summed E-state index contributed by atoms with van der Waals surface area (Å²) in [6.45, 7) is 4.48. The average Bonchev–Trinajstić information content (AvgIpc) is 2.18. The zero-order chi connectivity index (χ0) is 11.3. The second-order valence-corrected chi connectivity index (χ2v) is 4.32. The molecule has 1 aromatic carbocycles. The summed E-state index contributed by atoms with van der Waals surface area (Å²) >= 11 is 0. The van der Waals surface area contributed by atoms with Crippen LogP contribution in [-0.2, 0) is 12.8 Å². The highest BCUT2D eigenvalue weighted by Crippen LogP contribution is 2.26. The number of rotatable bonds is 5. The molecule has 0 unspecified atom stereocenters. The van der Waals surface area contributed by atoms with E-state index in [1.54, 1.807) is 0 Å². The molecule has 0 aliphatic carbocycles. The number of para-hydroxylation sites is 1. The quantitative estimate of drug-likeness (QED) is 0.709. The molecule has 0 bridgehead atoms. The Morgan fingerprint density at radius 2 is 1.40 bits per heavy atom. The first-order chi connectivity index (χ1) is 7.20. The van der Waals surface area contributed by atoms with E-state index in [-0.39, 0.29) is 0 Å². The molecule has 84 valence electrons. The summed E-state index contributed by atoms with van der Waals surface area (Å²) in [5.74, 6) is 0. The van der Waals surface area contributed by atoms with Gasteiger partial charge in [0.15, 0.2) is 0 Å². The fourth-order valence-electron chi connectivity index (χ4n) is 2.16. The van der Waals surface area contributed by atoms with Gasteiger partial charge in [-0.3, -0.25) is 0 Å². The summed E-state index contributed by atoms with van der Waals surface area (Å²) in [6.07, 6.45) is 4.81. The van der Waals surface area contributed by atoms with Crippen LogP contribution in [0.5, 0.6) is 0 Å². The van der Waals surface area contributed by atoms with Gasteiger partial charge in [0.1, 0.15) is 0 Å². The van der Waals surface area contributed by atoms with Crippen molar-refractivity contribution in [3.05, 3.63) is 29.3 Å². The Hall–Kier alpha value is -0.980. The Kier molecular flexibility index (Phi) is 4.67. The monoisotopic (exact) mass is 205 g/mol. The number of hydrogen-bond acceptors (Lipinski definition) is 1. The Morgan fingerprint density at radius 1 is 0.933 bits per heavy atom. The molecule has 1 heteroatoms. The summed E-state index contributed by atoms with van der Waals surface area (Å²) in [7, 11) is 4.29. The first-order valence-corrected chi connectivity index (χ1v) is 5.98. The van der Waals surface area contributed by atoms with Crippen LogP contribution in [-0.4, -0.2) is 14.1 Å².